The van der Waals surface area contributed by atoms with Gasteiger partial charge in [0.1, 0.15) is 6.73 Å². The van der Waals surface area contributed by atoms with E-state index < -0.39 is 0 Å². The second-order valence-corrected chi connectivity index (χ2v) is 3.85. The number of aliphatic imine (C=N–C) groups is 1. The number of nitrogens with one attached hydrogen (secondary N) is 1. The summed E-state index contributed by atoms with van der Waals surface area (Å²) < 4.78 is 0. The Morgan fingerprint density at radius 2 is 2.28 bits per heavy atom. The Morgan fingerprint density at radius 3 is 2.83 bits per heavy atom. The van der Waals surface area contributed by atoms with Gasteiger partial charge in [-0.15, -0.1) is 0 Å². The number of pyridine rings is 1. The molecule has 2 N–H and O–H groups in total. The van der Waals surface area contributed by atoms with Crippen LogP contribution in [0.15, 0.2) is 29.4 Å². The molecule has 0 aliphatic rings. The van der Waals surface area contributed by atoms with Gasteiger partial charge in [-0.3, -0.25) is 9.98 Å². The maximum absolute atomic E-state index is 8.72. The quantitative estimate of drug-likeness (QED) is 0.725. The van der Waals surface area contributed by atoms with Gasteiger partial charge in [0.25, 0.3) is 0 Å². The van der Waals surface area contributed by atoms with Crippen LogP contribution < -0.4 is 5.32 Å². The molecule has 0 radical (unpaired) electrons. The average molecular weight is 247 g/mol. The first-order valence-electron chi connectivity index (χ1n) is 6.28. The Labute approximate surface area is 108 Å². The van der Waals surface area contributed by atoms with Gasteiger partial charge in [-0.2, -0.15) is 0 Å². The lowest BCUT2D eigenvalue weighted by atomic mass is 10.1. The van der Waals surface area contributed by atoms with Crippen molar-refractivity contribution >= 4 is 11.8 Å². The van der Waals surface area contributed by atoms with Crippen LogP contribution in [0, 0.1) is 0 Å². The average Bonchev–Trinajstić information content (AvgIpc) is 2.42. The van der Waals surface area contributed by atoms with Gasteiger partial charge in [0, 0.05) is 24.5 Å². The summed E-state index contributed by atoms with van der Waals surface area (Å²) in [5.74, 6) is 0. The summed E-state index contributed by atoms with van der Waals surface area (Å²) in [5.41, 5.74) is 2.99. The molecule has 1 heterocycles. The van der Waals surface area contributed by atoms with E-state index in [4.69, 9.17) is 5.11 Å². The number of rotatable bonds is 7. The van der Waals surface area contributed by atoms with E-state index in [1.807, 2.05) is 18.3 Å². The predicted octanol–water partition coefficient (Wildman–Crippen LogP) is 2.01. The third-order valence-electron chi connectivity index (χ3n) is 2.44. The summed E-state index contributed by atoms with van der Waals surface area (Å²) in [6.07, 6.45) is 6.49. The van der Waals surface area contributed by atoms with E-state index in [0.29, 0.717) is 0 Å². The first-order chi connectivity index (χ1) is 8.81. The number of aliphatic hydroxyl groups is 1. The minimum atomic E-state index is -0.195. The summed E-state index contributed by atoms with van der Waals surface area (Å²) >= 11 is 0. The largest absolute Gasteiger partial charge is 0.375 e. The van der Waals surface area contributed by atoms with Crippen LogP contribution in [0.2, 0.25) is 0 Å². The molecule has 1 aromatic heterocycles. The molecule has 1 rings (SSSR count). The number of allylic oxidation sites excluding steroid dienone is 2. The fraction of sp³-hybridized carbons (Fsp3) is 0.429. The van der Waals surface area contributed by atoms with Crippen LogP contribution in [0.1, 0.15) is 31.5 Å². The van der Waals surface area contributed by atoms with Crippen molar-refractivity contribution in [2.75, 3.05) is 13.3 Å². The zero-order valence-corrected chi connectivity index (χ0v) is 11.1. The number of nitrogens with zero attached hydrogens (tertiary/aromatic N) is 2. The van der Waals surface area contributed by atoms with E-state index in [1.165, 1.54) is 0 Å². The molecule has 18 heavy (non-hydrogen) atoms. The lowest BCUT2D eigenvalue weighted by Crippen LogP contribution is -2.11. The fourth-order valence-corrected chi connectivity index (χ4v) is 1.55. The second-order valence-electron chi connectivity index (χ2n) is 3.85. The molecule has 0 aliphatic heterocycles. The summed E-state index contributed by atoms with van der Waals surface area (Å²) in [6, 6.07) is 4.04. The molecule has 0 fully saturated rings. The predicted molar refractivity (Wildman–Crippen MR) is 75.5 cm³/mol. The standard InChI is InChI=1S/C14H21N3O/c1-3-5-13(10-16-11-18)14-7-6-12(9-17-14)8-15-4-2/h5-7,9-10,15,18H,3-4,8,11H2,1-2H3/b13-5+,16-10-. The smallest absolute Gasteiger partial charge is 0.134 e. The molecule has 4 heteroatoms. The summed E-state index contributed by atoms with van der Waals surface area (Å²) in [6.45, 7) is 5.73. The number of hydrogen-bond donors (Lipinski definition) is 2. The topological polar surface area (TPSA) is 57.5 Å². The number of aromatic nitrogens is 1. The summed E-state index contributed by atoms with van der Waals surface area (Å²) in [7, 11) is 0. The van der Waals surface area contributed by atoms with Gasteiger partial charge in [-0.1, -0.05) is 26.0 Å². The van der Waals surface area contributed by atoms with Gasteiger partial charge in [0.2, 0.25) is 0 Å². The van der Waals surface area contributed by atoms with Crippen LogP contribution in [-0.4, -0.2) is 29.6 Å². The molecule has 0 saturated carbocycles. The lowest BCUT2D eigenvalue weighted by molar-refractivity contribution is 0.310. The molecule has 0 amide bonds. The van der Waals surface area contributed by atoms with Crippen molar-refractivity contribution < 1.29 is 5.11 Å². The Balaban J connectivity index is 2.80. The van der Waals surface area contributed by atoms with Crippen molar-refractivity contribution in [1.82, 2.24) is 10.3 Å². The Kier molecular flexibility index (Phi) is 6.91. The highest BCUT2D eigenvalue weighted by Crippen LogP contribution is 2.11. The molecule has 0 bridgehead atoms. The van der Waals surface area contributed by atoms with E-state index in [2.05, 4.69) is 35.2 Å². The molecule has 0 aliphatic carbocycles. The van der Waals surface area contributed by atoms with E-state index >= 15 is 0 Å². The number of aliphatic hydroxyl groups excluding tert-OH is 1. The van der Waals surface area contributed by atoms with Crippen molar-refractivity contribution in [3.63, 3.8) is 0 Å². The van der Waals surface area contributed by atoms with Gasteiger partial charge < -0.3 is 10.4 Å². The zero-order valence-electron chi connectivity index (χ0n) is 11.1. The second kappa shape index (κ2) is 8.55. The highest BCUT2D eigenvalue weighted by molar-refractivity contribution is 6.08. The monoisotopic (exact) mass is 247 g/mol. The third-order valence-corrected chi connectivity index (χ3v) is 2.44. The van der Waals surface area contributed by atoms with E-state index in [9.17, 15) is 0 Å². The molecule has 0 aromatic carbocycles. The Morgan fingerprint density at radius 1 is 1.44 bits per heavy atom. The molecule has 4 nitrogen and oxygen atoms in total. The molecule has 0 spiro atoms. The molecule has 0 atom stereocenters. The van der Waals surface area contributed by atoms with Gasteiger partial charge >= 0.3 is 0 Å². The maximum atomic E-state index is 8.72. The first-order valence-corrected chi connectivity index (χ1v) is 6.28. The summed E-state index contributed by atoms with van der Waals surface area (Å²) in [4.78, 5) is 8.27. The molecule has 0 unspecified atom stereocenters. The third kappa shape index (κ3) is 4.77. The van der Waals surface area contributed by atoms with Crippen molar-refractivity contribution in [3.8, 4) is 0 Å². The van der Waals surface area contributed by atoms with Crippen LogP contribution >= 0.6 is 0 Å². The summed E-state index contributed by atoms with van der Waals surface area (Å²) in [5, 5.41) is 12.0. The minimum absolute atomic E-state index is 0.195. The molecular weight excluding hydrogens is 226 g/mol. The van der Waals surface area contributed by atoms with E-state index in [1.54, 1.807) is 6.21 Å². The van der Waals surface area contributed by atoms with Crippen molar-refractivity contribution in [3.05, 3.63) is 35.7 Å². The first kappa shape index (κ1) is 14.5. The molecule has 0 saturated heterocycles. The Hall–Kier alpha value is -1.52. The lowest BCUT2D eigenvalue weighted by Gasteiger charge is -2.04. The SMILES string of the molecule is CC/C=C(\C=N/CO)c1ccc(CNCC)cn1. The van der Waals surface area contributed by atoms with E-state index in [-0.39, 0.29) is 6.73 Å². The Bertz CT molecular complexity index is 396. The van der Waals surface area contributed by atoms with Crippen LogP contribution in [0.4, 0.5) is 0 Å². The van der Waals surface area contributed by atoms with Crippen molar-refractivity contribution in [2.24, 2.45) is 4.99 Å². The van der Waals surface area contributed by atoms with Crippen LogP contribution in [0.5, 0.6) is 0 Å². The maximum Gasteiger partial charge on any atom is 0.134 e. The molecule has 98 valence electrons. The van der Waals surface area contributed by atoms with Crippen molar-refractivity contribution in [2.45, 2.75) is 26.8 Å². The van der Waals surface area contributed by atoms with Crippen LogP contribution in [-0.2, 0) is 6.54 Å². The normalized spacial score (nSPS) is 12.3. The van der Waals surface area contributed by atoms with Crippen LogP contribution in [0.3, 0.4) is 0 Å². The van der Waals surface area contributed by atoms with Gasteiger partial charge in [-0.25, -0.2) is 0 Å². The zero-order chi connectivity index (χ0) is 13.2. The highest BCUT2D eigenvalue weighted by atomic mass is 16.3. The van der Waals surface area contributed by atoms with E-state index in [0.717, 1.165) is 36.3 Å². The number of hydrogen-bond acceptors (Lipinski definition) is 4. The molecule has 1 aromatic rings. The van der Waals surface area contributed by atoms with Crippen molar-refractivity contribution in [1.29, 1.82) is 0 Å². The van der Waals surface area contributed by atoms with Gasteiger partial charge in [0.15, 0.2) is 0 Å². The fourth-order valence-electron chi connectivity index (χ4n) is 1.55. The van der Waals surface area contributed by atoms with Gasteiger partial charge in [0.05, 0.1) is 5.69 Å². The minimum Gasteiger partial charge on any atom is -0.375 e. The van der Waals surface area contributed by atoms with Crippen LogP contribution in [0.25, 0.3) is 5.57 Å². The highest BCUT2D eigenvalue weighted by Gasteiger charge is 2.00. The van der Waals surface area contributed by atoms with Gasteiger partial charge in [-0.05, 0) is 24.6 Å². The molecular formula is C14H21N3O.